The lowest BCUT2D eigenvalue weighted by atomic mass is 10.1. The second-order valence-corrected chi connectivity index (χ2v) is 7.16. The number of urea groups is 1. The highest BCUT2D eigenvalue weighted by Crippen LogP contribution is 2.27. The molecule has 1 aromatic heterocycles. The first-order valence-corrected chi connectivity index (χ1v) is 9.30. The average molecular weight is 381 g/mol. The molecule has 2 heterocycles. The first-order chi connectivity index (χ1) is 12.0. The number of hydrogen-bond donors (Lipinski definition) is 3. The van der Waals surface area contributed by atoms with Crippen LogP contribution >= 0.6 is 23.4 Å². The molecule has 2 amide bonds. The Kier molecular flexibility index (Phi) is 5.19. The number of nitrogens with zero attached hydrogens (tertiary/aromatic N) is 1. The van der Waals surface area contributed by atoms with Gasteiger partial charge in [0.05, 0.1) is 18.7 Å². The van der Waals surface area contributed by atoms with Gasteiger partial charge in [0, 0.05) is 22.5 Å². The molecule has 0 spiro atoms. The third-order valence-corrected chi connectivity index (χ3v) is 5.30. The Balaban J connectivity index is 1.64. The normalized spacial score (nSPS) is 14.2. The van der Waals surface area contributed by atoms with Crippen LogP contribution in [0, 0.1) is 0 Å². The van der Waals surface area contributed by atoms with Crippen LogP contribution in [0.15, 0.2) is 33.9 Å². The van der Waals surface area contributed by atoms with Crippen molar-refractivity contribution in [3.63, 3.8) is 0 Å². The first-order valence-electron chi connectivity index (χ1n) is 7.63. The number of benzene rings is 1. The van der Waals surface area contributed by atoms with Crippen molar-refractivity contribution >= 4 is 29.4 Å². The van der Waals surface area contributed by atoms with E-state index >= 15 is 0 Å². The van der Waals surface area contributed by atoms with Gasteiger partial charge in [0.15, 0.2) is 0 Å². The predicted molar refractivity (Wildman–Crippen MR) is 98.0 cm³/mol. The van der Waals surface area contributed by atoms with Crippen LogP contribution in [0.2, 0.25) is 5.02 Å². The second kappa shape index (κ2) is 7.37. The highest BCUT2D eigenvalue weighted by Gasteiger charge is 2.27. The number of aromatic nitrogens is 2. The van der Waals surface area contributed by atoms with Crippen molar-refractivity contribution in [2.45, 2.75) is 18.3 Å². The van der Waals surface area contributed by atoms with Gasteiger partial charge in [-0.2, -0.15) is 11.8 Å². The Labute approximate surface area is 152 Å². The lowest BCUT2D eigenvalue weighted by molar-refractivity contribution is 0.198. The second-order valence-electron chi connectivity index (χ2n) is 5.69. The van der Waals surface area contributed by atoms with Gasteiger partial charge in [0.2, 0.25) is 0 Å². The Hall–Kier alpha value is -2.19. The molecule has 1 unspecified atom stereocenters. The maximum atomic E-state index is 12.4. The molecule has 3 rings (SSSR count). The zero-order valence-electron chi connectivity index (χ0n) is 13.5. The molecule has 7 nitrogen and oxygen atoms in total. The van der Waals surface area contributed by atoms with Crippen LogP contribution in [0.1, 0.15) is 22.1 Å². The van der Waals surface area contributed by atoms with Gasteiger partial charge >= 0.3 is 11.7 Å². The molecular weight excluding hydrogens is 364 g/mol. The summed E-state index contributed by atoms with van der Waals surface area (Å²) in [5.41, 5.74) is 0.932. The largest absolute Gasteiger partial charge is 0.337 e. The molecular formula is C16H17ClN4O3S. The fourth-order valence-corrected chi connectivity index (χ4v) is 3.65. The molecule has 1 aliphatic heterocycles. The molecule has 0 aliphatic carbocycles. The van der Waals surface area contributed by atoms with E-state index < -0.39 is 11.2 Å². The van der Waals surface area contributed by atoms with Crippen molar-refractivity contribution in [2.75, 3.05) is 12.8 Å². The van der Waals surface area contributed by atoms with E-state index in [-0.39, 0.29) is 24.4 Å². The maximum Gasteiger partial charge on any atom is 0.325 e. The number of H-pyrrole nitrogens is 2. The molecule has 132 valence electrons. The van der Waals surface area contributed by atoms with Gasteiger partial charge in [-0.05, 0) is 24.0 Å². The minimum Gasteiger partial charge on any atom is -0.337 e. The van der Waals surface area contributed by atoms with E-state index in [9.17, 15) is 14.4 Å². The quantitative estimate of drug-likeness (QED) is 0.753. The van der Waals surface area contributed by atoms with E-state index in [1.807, 2.05) is 24.5 Å². The third-order valence-electron chi connectivity index (χ3n) is 4.06. The van der Waals surface area contributed by atoms with Gasteiger partial charge in [0.25, 0.3) is 5.56 Å². The average Bonchev–Trinajstić information content (AvgIpc) is 3.00. The molecule has 1 aromatic carbocycles. The summed E-state index contributed by atoms with van der Waals surface area (Å²) in [6, 6.07) is 7.25. The summed E-state index contributed by atoms with van der Waals surface area (Å²) >= 11 is 7.64. The van der Waals surface area contributed by atoms with Crippen LogP contribution in [0.25, 0.3) is 0 Å². The molecule has 25 heavy (non-hydrogen) atoms. The molecule has 1 atom stereocenters. The number of thioether (sulfide) groups is 1. The monoisotopic (exact) mass is 380 g/mol. The number of nitrogens with one attached hydrogen (secondary N) is 3. The number of fused-ring (bicyclic) bond motifs is 1. The highest BCUT2D eigenvalue weighted by molar-refractivity contribution is 7.98. The van der Waals surface area contributed by atoms with Gasteiger partial charge in [-0.15, -0.1) is 0 Å². The third kappa shape index (κ3) is 3.91. The highest BCUT2D eigenvalue weighted by atomic mass is 35.5. The van der Waals surface area contributed by atoms with Crippen LogP contribution < -0.4 is 16.6 Å². The number of aromatic amines is 2. The molecule has 2 aromatic rings. The van der Waals surface area contributed by atoms with Gasteiger partial charge in [-0.1, -0.05) is 23.7 Å². The molecule has 0 fully saturated rings. The predicted octanol–water partition coefficient (Wildman–Crippen LogP) is 1.85. The molecule has 0 radical (unpaired) electrons. The number of amides is 2. The molecule has 0 saturated heterocycles. The Morgan fingerprint density at radius 2 is 2.16 bits per heavy atom. The fraction of sp³-hybridized carbons (Fsp3) is 0.312. The summed E-state index contributed by atoms with van der Waals surface area (Å²) in [7, 11) is 0. The summed E-state index contributed by atoms with van der Waals surface area (Å²) in [6.07, 6.45) is 1.97. The van der Waals surface area contributed by atoms with Crippen LogP contribution in [0.3, 0.4) is 0 Å². The Morgan fingerprint density at radius 1 is 1.36 bits per heavy atom. The van der Waals surface area contributed by atoms with Crippen molar-refractivity contribution in [1.82, 2.24) is 20.2 Å². The lowest BCUT2D eigenvalue weighted by Gasteiger charge is -2.20. The van der Waals surface area contributed by atoms with E-state index in [0.29, 0.717) is 22.8 Å². The van der Waals surface area contributed by atoms with Crippen LogP contribution in [-0.2, 0) is 13.1 Å². The minimum atomic E-state index is -0.561. The molecule has 0 bridgehead atoms. The van der Waals surface area contributed by atoms with Crippen molar-refractivity contribution in [3.05, 3.63) is 66.9 Å². The standard InChI is InChI=1S/C16H17ClN4O3S/c1-25-13(9-3-2-4-10(17)5-9)6-18-16(24)21-7-11-12(8-21)19-15(23)20-14(11)22/h2-5,13H,6-8H2,1H3,(H,18,24)(H2,19,20,22,23). The molecule has 0 saturated carbocycles. The van der Waals surface area contributed by atoms with E-state index in [4.69, 9.17) is 11.6 Å². The number of halogens is 1. The first kappa shape index (κ1) is 17.6. The van der Waals surface area contributed by atoms with Crippen molar-refractivity contribution in [1.29, 1.82) is 0 Å². The van der Waals surface area contributed by atoms with Crippen LogP contribution in [0.5, 0.6) is 0 Å². The summed E-state index contributed by atoms with van der Waals surface area (Å²) in [5, 5.41) is 3.60. The number of carbonyl (C=O) groups excluding carboxylic acids is 1. The summed E-state index contributed by atoms with van der Waals surface area (Å²) in [4.78, 5) is 41.7. The maximum absolute atomic E-state index is 12.4. The van der Waals surface area contributed by atoms with Crippen LogP contribution in [0.4, 0.5) is 4.79 Å². The van der Waals surface area contributed by atoms with Gasteiger partial charge in [0.1, 0.15) is 0 Å². The summed E-state index contributed by atoms with van der Waals surface area (Å²) < 4.78 is 0. The number of rotatable bonds is 4. The van der Waals surface area contributed by atoms with Gasteiger partial charge in [-0.25, -0.2) is 9.59 Å². The summed E-state index contributed by atoms with van der Waals surface area (Å²) in [6.45, 7) is 0.815. The zero-order valence-corrected chi connectivity index (χ0v) is 15.0. The minimum absolute atomic E-state index is 0.0656. The smallest absolute Gasteiger partial charge is 0.325 e. The Bertz CT molecular complexity index is 911. The lowest BCUT2D eigenvalue weighted by Crippen LogP contribution is -2.38. The van der Waals surface area contributed by atoms with Crippen LogP contribution in [-0.4, -0.2) is 33.7 Å². The van der Waals surface area contributed by atoms with Crippen molar-refractivity contribution < 1.29 is 4.79 Å². The van der Waals surface area contributed by atoms with E-state index in [0.717, 1.165) is 5.56 Å². The van der Waals surface area contributed by atoms with E-state index in [2.05, 4.69) is 15.3 Å². The van der Waals surface area contributed by atoms with Gasteiger partial charge < -0.3 is 15.2 Å². The Morgan fingerprint density at radius 3 is 2.88 bits per heavy atom. The van der Waals surface area contributed by atoms with Crippen molar-refractivity contribution in [3.8, 4) is 0 Å². The zero-order chi connectivity index (χ0) is 18.0. The molecule has 9 heteroatoms. The van der Waals surface area contributed by atoms with E-state index in [1.54, 1.807) is 17.8 Å². The van der Waals surface area contributed by atoms with E-state index in [1.165, 1.54) is 4.90 Å². The summed E-state index contributed by atoms with van der Waals surface area (Å²) in [5.74, 6) is 0. The van der Waals surface area contributed by atoms with Crippen molar-refractivity contribution in [2.24, 2.45) is 0 Å². The molecule has 3 N–H and O–H groups in total. The number of hydrogen-bond acceptors (Lipinski definition) is 4. The van der Waals surface area contributed by atoms with Gasteiger partial charge in [-0.3, -0.25) is 9.78 Å². The molecule has 1 aliphatic rings. The number of carbonyl (C=O) groups is 1. The fourth-order valence-electron chi connectivity index (χ4n) is 2.78. The SMILES string of the molecule is CSC(CNC(=O)N1Cc2[nH]c(=O)[nH]c(=O)c2C1)c1cccc(Cl)c1. The topological polar surface area (TPSA) is 98.1 Å².